The summed E-state index contributed by atoms with van der Waals surface area (Å²) in [5, 5.41) is 3.08. The number of carbonyl (C=O) groups is 1. The Kier molecular flexibility index (Phi) is 7.84. The van der Waals surface area contributed by atoms with Crippen molar-refractivity contribution in [2.75, 3.05) is 12.3 Å². The quantitative estimate of drug-likeness (QED) is 0.362. The summed E-state index contributed by atoms with van der Waals surface area (Å²) < 4.78 is 7.25. The normalized spacial score (nSPS) is 12.1. The Bertz CT molecular complexity index is 963. The third kappa shape index (κ3) is 5.82. The number of anilines is 1. The van der Waals surface area contributed by atoms with E-state index in [2.05, 4.69) is 27.2 Å². The number of aromatic nitrogens is 4. The number of nitrogens with two attached hydrogens (primary N) is 1. The Morgan fingerprint density at radius 1 is 1.23 bits per heavy atom. The van der Waals surface area contributed by atoms with E-state index in [0.717, 1.165) is 31.2 Å². The van der Waals surface area contributed by atoms with Gasteiger partial charge in [0, 0.05) is 6.54 Å². The standard InChI is InChI=1S/C21H27ClN6O2/c1-2-3-11-16(15-9-5-4-6-10-15)25-21(29)30-13-8-7-12-28-14-24-17-18(23)26-20(22)27-19(17)28/h4-6,9-10,14,16H,2-3,7-8,11-13H2,1H3,(H,25,29)(H2,23,26,27)/t16-/m1/s1. The first-order valence-electron chi connectivity index (χ1n) is 10.2. The summed E-state index contributed by atoms with van der Waals surface area (Å²) in [6.45, 7) is 3.14. The number of hydrogen-bond acceptors (Lipinski definition) is 6. The van der Waals surface area contributed by atoms with E-state index in [1.807, 2.05) is 34.9 Å². The molecule has 9 heteroatoms. The van der Waals surface area contributed by atoms with Crippen LogP contribution in [0, 0.1) is 0 Å². The molecule has 3 rings (SSSR count). The zero-order valence-corrected chi connectivity index (χ0v) is 17.8. The van der Waals surface area contributed by atoms with E-state index in [-0.39, 0.29) is 23.2 Å². The van der Waals surface area contributed by atoms with Crippen LogP contribution in [0.1, 0.15) is 50.6 Å². The van der Waals surface area contributed by atoms with Crippen molar-refractivity contribution in [2.45, 2.75) is 51.6 Å². The number of amides is 1. The van der Waals surface area contributed by atoms with Gasteiger partial charge in [0.1, 0.15) is 5.52 Å². The molecule has 0 aliphatic carbocycles. The Labute approximate surface area is 180 Å². The summed E-state index contributed by atoms with van der Waals surface area (Å²) in [5.41, 5.74) is 8.05. The fourth-order valence-corrected chi connectivity index (χ4v) is 3.42. The van der Waals surface area contributed by atoms with Gasteiger partial charge in [0.2, 0.25) is 5.28 Å². The first-order chi connectivity index (χ1) is 14.6. The van der Waals surface area contributed by atoms with E-state index in [1.54, 1.807) is 6.33 Å². The van der Waals surface area contributed by atoms with Gasteiger partial charge in [-0.1, -0.05) is 50.1 Å². The zero-order valence-electron chi connectivity index (χ0n) is 17.1. The smallest absolute Gasteiger partial charge is 0.407 e. The second-order valence-electron chi connectivity index (χ2n) is 7.08. The third-order valence-electron chi connectivity index (χ3n) is 4.83. The highest BCUT2D eigenvalue weighted by atomic mass is 35.5. The molecular formula is C21H27ClN6O2. The largest absolute Gasteiger partial charge is 0.450 e. The highest BCUT2D eigenvalue weighted by molar-refractivity contribution is 6.28. The number of alkyl carbamates (subject to hydrolysis) is 1. The van der Waals surface area contributed by atoms with Gasteiger partial charge >= 0.3 is 6.09 Å². The minimum absolute atomic E-state index is 0.0362. The predicted molar refractivity (Wildman–Crippen MR) is 117 cm³/mol. The summed E-state index contributed by atoms with van der Waals surface area (Å²) in [5.74, 6) is 0.264. The number of halogens is 1. The van der Waals surface area contributed by atoms with Gasteiger partial charge in [0.05, 0.1) is 19.0 Å². The first kappa shape index (κ1) is 21.8. The predicted octanol–water partition coefficient (Wildman–Crippen LogP) is 4.50. The second kappa shape index (κ2) is 10.8. The van der Waals surface area contributed by atoms with Gasteiger partial charge in [-0.2, -0.15) is 9.97 Å². The molecule has 1 aromatic carbocycles. The van der Waals surface area contributed by atoms with Gasteiger partial charge in [-0.25, -0.2) is 9.78 Å². The lowest BCUT2D eigenvalue weighted by molar-refractivity contribution is 0.139. The maximum Gasteiger partial charge on any atom is 0.407 e. The van der Waals surface area contributed by atoms with E-state index >= 15 is 0 Å². The van der Waals surface area contributed by atoms with Crippen LogP contribution < -0.4 is 11.1 Å². The molecule has 0 fully saturated rings. The topological polar surface area (TPSA) is 108 Å². The number of carbonyl (C=O) groups excluding carboxylic acids is 1. The summed E-state index contributed by atoms with van der Waals surface area (Å²) >= 11 is 5.88. The van der Waals surface area contributed by atoms with Crippen molar-refractivity contribution >= 4 is 34.7 Å². The van der Waals surface area contributed by atoms with Crippen molar-refractivity contribution in [2.24, 2.45) is 0 Å². The molecule has 2 aromatic heterocycles. The molecule has 0 bridgehead atoms. The van der Waals surface area contributed by atoms with Crippen molar-refractivity contribution in [3.8, 4) is 0 Å². The molecule has 0 saturated carbocycles. The molecule has 0 aliphatic rings. The summed E-state index contributed by atoms with van der Waals surface area (Å²) in [7, 11) is 0. The van der Waals surface area contributed by atoms with Crippen LogP contribution in [-0.4, -0.2) is 32.2 Å². The SMILES string of the molecule is CCCC[C@@H](NC(=O)OCCCCn1cnc2c(N)nc(Cl)nc21)c1ccccc1. The van der Waals surface area contributed by atoms with Crippen LogP contribution in [0.15, 0.2) is 36.7 Å². The van der Waals surface area contributed by atoms with E-state index in [0.29, 0.717) is 30.7 Å². The van der Waals surface area contributed by atoms with E-state index in [4.69, 9.17) is 22.1 Å². The lowest BCUT2D eigenvalue weighted by Gasteiger charge is -2.19. The average molecular weight is 431 g/mol. The Morgan fingerprint density at radius 3 is 2.80 bits per heavy atom. The molecule has 1 amide bonds. The summed E-state index contributed by atoms with van der Waals surface area (Å²) in [4.78, 5) is 24.6. The number of nitrogens with zero attached hydrogens (tertiary/aromatic N) is 4. The van der Waals surface area contributed by atoms with Crippen LogP contribution in [0.4, 0.5) is 10.6 Å². The number of unbranched alkanes of at least 4 members (excludes halogenated alkanes) is 2. The molecule has 3 N–H and O–H groups in total. The number of nitrogen functional groups attached to an aromatic ring is 1. The maximum absolute atomic E-state index is 12.2. The number of nitrogens with one attached hydrogen (secondary N) is 1. The van der Waals surface area contributed by atoms with Crippen molar-refractivity contribution in [1.29, 1.82) is 0 Å². The number of rotatable bonds is 10. The molecule has 160 valence electrons. The molecular weight excluding hydrogens is 404 g/mol. The van der Waals surface area contributed by atoms with Crippen LogP contribution in [0.5, 0.6) is 0 Å². The fraction of sp³-hybridized carbons (Fsp3) is 0.429. The van der Waals surface area contributed by atoms with Gasteiger partial charge in [0.15, 0.2) is 11.5 Å². The van der Waals surface area contributed by atoms with Crippen molar-refractivity contribution in [3.05, 3.63) is 47.5 Å². The van der Waals surface area contributed by atoms with E-state index in [1.165, 1.54) is 0 Å². The molecule has 0 radical (unpaired) electrons. The van der Waals surface area contributed by atoms with Crippen molar-refractivity contribution < 1.29 is 9.53 Å². The number of imidazole rings is 1. The van der Waals surface area contributed by atoms with Crippen LogP contribution >= 0.6 is 11.6 Å². The third-order valence-corrected chi connectivity index (χ3v) is 5.00. The molecule has 1 atom stereocenters. The van der Waals surface area contributed by atoms with Crippen LogP contribution in [0.2, 0.25) is 5.28 Å². The lowest BCUT2D eigenvalue weighted by Crippen LogP contribution is -2.29. The van der Waals surface area contributed by atoms with Gasteiger partial charge in [-0.3, -0.25) is 0 Å². The molecule has 0 spiro atoms. The van der Waals surface area contributed by atoms with Crippen molar-refractivity contribution in [3.63, 3.8) is 0 Å². The minimum Gasteiger partial charge on any atom is -0.450 e. The molecule has 0 saturated heterocycles. The van der Waals surface area contributed by atoms with Gasteiger partial charge in [-0.15, -0.1) is 0 Å². The van der Waals surface area contributed by atoms with Crippen LogP contribution in [0.3, 0.4) is 0 Å². The highest BCUT2D eigenvalue weighted by Crippen LogP contribution is 2.20. The fourth-order valence-electron chi connectivity index (χ4n) is 3.25. The van der Waals surface area contributed by atoms with Crippen molar-refractivity contribution in [1.82, 2.24) is 24.8 Å². The zero-order chi connectivity index (χ0) is 21.3. The van der Waals surface area contributed by atoms with Crippen LogP contribution in [0.25, 0.3) is 11.2 Å². The number of aryl methyl sites for hydroxylation is 1. The van der Waals surface area contributed by atoms with Gasteiger partial charge in [-0.05, 0) is 36.4 Å². The summed E-state index contributed by atoms with van der Waals surface area (Å²) in [6, 6.07) is 9.94. The Balaban J connectivity index is 1.44. The molecule has 0 aliphatic heterocycles. The Morgan fingerprint density at radius 2 is 2.03 bits per heavy atom. The number of fused-ring (bicyclic) bond motifs is 1. The summed E-state index contributed by atoms with van der Waals surface area (Å²) in [6.07, 6.45) is 5.78. The number of hydrogen-bond donors (Lipinski definition) is 2. The molecule has 2 heterocycles. The van der Waals surface area contributed by atoms with Gasteiger partial charge < -0.3 is 20.4 Å². The Hall–Kier alpha value is -2.87. The average Bonchev–Trinajstić information content (AvgIpc) is 3.14. The molecule has 0 unspecified atom stereocenters. The second-order valence-corrected chi connectivity index (χ2v) is 7.42. The van der Waals surface area contributed by atoms with E-state index in [9.17, 15) is 4.79 Å². The molecule has 30 heavy (non-hydrogen) atoms. The molecule has 8 nitrogen and oxygen atoms in total. The molecule has 3 aromatic rings. The monoisotopic (exact) mass is 430 g/mol. The first-order valence-corrected chi connectivity index (χ1v) is 10.6. The van der Waals surface area contributed by atoms with E-state index < -0.39 is 0 Å². The minimum atomic E-state index is -0.389. The highest BCUT2D eigenvalue weighted by Gasteiger charge is 2.15. The lowest BCUT2D eigenvalue weighted by atomic mass is 10.0. The van der Waals surface area contributed by atoms with Crippen LogP contribution in [-0.2, 0) is 11.3 Å². The number of ether oxygens (including phenoxy) is 1. The van der Waals surface area contributed by atoms with Gasteiger partial charge in [0.25, 0.3) is 0 Å². The number of benzene rings is 1. The maximum atomic E-state index is 12.2.